The fraction of sp³-hybridized carbons (Fsp3) is 0.800. The van der Waals surface area contributed by atoms with Gasteiger partial charge >= 0.3 is 5.97 Å². The summed E-state index contributed by atoms with van der Waals surface area (Å²) in [5.41, 5.74) is 0. The summed E-state index contributed by atoms with van der Waals surface area (Å²) in [6, 6.07) is -0.863. The zero-order valence-electron chi connectivity index (χ0n) is 9.20. The standard InChI is InChI=1S/C10H15F2NO4/c11-7(12)5-17-4-3-8(14)13-9(10(15)16)6-1-2-6/h6-7,9H,1-5H2,(H,13,14)(H,15,16). The number of carboxylic acid groups (broad SMARTS) is 1. The van der Waals surface area contributed by atoms with Gasteiger partial charge in [0.1, 0.15) is 12.6 Å². The van der Waals surface area contributed by atoms with Crippen molar-refractivity contribution in [2.75, 3.05) is 13.2 Å². The molecule has 1 unspecified atom stereocenters. The van der Waals surface area contributed by atoms with Crippen LogP contribution < -0.4 is 5.32 Å². The van der Waals surface area contributed by atoms with Crippen molar-refractivity contribution in [1.82, 2.24) is 5.32 Å². The summed E-state index contributed by atoms with van der Waals surface area (Å²) in [6.45, 7) is -0.842. The second-order valence-corrected chi connectivity index (χ2v) is 3.94. The average molecular weight is 251 g/mol. The molecule has 1 amide bonds. The van der Waals surface area contributed by atoms with E-state index in [-0.39, 0.29) is 18.9 Å². The number of hydrogen-bond donors (Lipinski definition) is 2. The summed E-state index contributed by atoms with van der Waals surface area (Å²) < 4.78 is 27.9. The highest BCUT2D eigenvalue weighted by Crippen LogP contribution is 2.32. The lowest BCUT2D eigenvalue weighted by Crippen LogP contribution is -2.42. The molecule has 0 aromatic carbocycles. The molecule has 1 fully saturated rings. The van der Waals surface area contributed by atoms with Crippen molar-refractivity contribution < 1.29 is 28.2 Å². The number of rotatable bonds is 8. The third-order valence-corrected chi connectivity index (χ3v) is 2.39. The van der Waals surface area contributed by atoms with Gasteiger partial charge in [-0.1, -0.05) is 0 Å². The lowest BCUT2D eigenvalue weighted by atomic mass is 10.2. The number of ether oxygens (including phenoxy) is 1. The van der Waals surface area contributed by atoms with Crippen molar-refractivity contribution in [3.05, 3.63) is 0 Å². The fourth-order valence-electron chi connectivity index (χ4n) is 1.39. The Balaban J connectivity index is 2.16. The maximum Gasteiger partial charge on any atom is 0.326 e. The van der Waals surface area contributed by atoms with Crippen molar-refractivity contribution in [3.63, 3.8) is 0 Å². The quantitative estimate of drug-likeness (QED) is 0.621. The number of carbonyl (C=O) groups is 2. The first-order valence-corrected chi connectivity index (χ1v) is 5.38. The zero-order valence-corrected chi connectivity index (χ0v) is 9.20. The predicted molar refractivity (Wildman–Crippen MR) is 53.7 cm³/mol. The number of alkyl halides is 2. The summed E-state index contributed by atoms with van der Waals surface area (Å²) in [6.07, 6.45) is -1.09. The molecular formula is C10H15F2NO4. The first-order chi connectivity index (χ1) is 8.00. The van der Waals surface area contributed by atoms with Gasteiger partial charge in [-0.3, -0.25) is 4.79 Å². The van der Waals surface area contributed by atoms with E-state index in [9.17, 15) is 18.4 Å². The van der Waals surface area contributed by atoms with Crippen LogP contribution in [-0.4, -0.2) is 42.7 Å². The molecule has 0 radical (unpaired) electrons. The number of carboxylic acids is 1. The molecule has 1 rings (SSSR count). The molecule has 5 nitrogen and oxygen atoms in total. The van der Waals surface area contributed by atoms with E-state index in [0.717, 1.165) is 12.8 Å². The first kappa shape index (κ1) is 13.8. The van der Waals surface area contributed by atoms with Gasteiger partial charge in [0.05, 0.1) is 6.61 Å². The molecule has 0 saturated heterocycles. The molecule has 1 aliphatic rings. The van der Waals surface area contributed by atoms with Crippen LogP contribution in [-0.2, 0) is 14.3 Å². The van der Waals surface area contributed by atoms with E-state index in [1.165, 1.54) is 0 Å². The number of aliphatic carboxylic acids is 1. The maximum atomic E-state index is 11.7. The largest absolute Gasteiger partial charge is 0.480 e. The van der Waals surface area contributed by atoms with Crippen LogP contribution in [0.3, 0.4) is 0 Å². The minimum atomic E-state index is -2.56. The molecular weight excluding hydrogens is 236 g/mol. The van der Waals surface area contributed by atoms with Crippen LogP contribution in [0.1, 0.15) is 19.3 Å². The summed E-state index contributed by atoms with van der Waals surface area (Å²) >= 11 is 0. The molecule has 7 heteroatoms. The van der Waals surface area contributed by atoms with Crippen LogP contribution in [0.25, 0.3) is 0 Å². The van der Waals surface area contributed by atoms with Gasteiger partial charge in [0.2, 0.25) is 5.91 Å². The Labute approximate surface area is 97.1 Å². The van der Waals surface area contributed by atoms with Gasteiger partial charge in [-0.15, -0.1) is 0 Å². The normalized spacial score (nSPS) is 16.9. The Morgan fingerprint density at radius 2 is 2.06 bits per heavy atom. The van der Waals surface area contributed by atoms with E-state index >= 15 is 0 Å². The van der Waals surface area contributed by atoms with Crippen LogP contribution in [0.5, 0.6) is 0 Å². The SMILES string of the molecule is O=C(CCOCC(F)F)NC(C(=O)O)C1CC1. The Morgan fingerprint density at radius 1 is 1.41 bits per heavy atom. The highest BCUT2D eigenvalue weighted by atomic mass is 19.3. The Morgan fingerprint density at radius 3 is 2.53 bits per heavy atom. The summed E-state index contributed by atoms with van der Waals surface area (Å²) in [5.74, 6) is -1.55. The van der Waals surface area contributed by atoms with Gasteiger partial charge in [-0.25, -0.2) is 13.6 Å². The zero-order chi connectivity index (χ0) is 12.8. The van der Waals surface area contributed by atoms with Crippen LogP contribution in [0.15, 0.2) is 0 Å². The van der Waals surface area contributed by atoms with Crippen LogP contribution in [0.4, 0.5) is 8.78 Å². The van der Waals surface area contributed by atoms with Gasteiger partial charge in [-0.2, -0.15) is 0 Å². The Kier molecular flexibility index (Phi) is 5.27. The third kappa shape index (κ3) is 5.58. The van der Waals surface area contributed by atoms with E-state index in [2.05, 4.69) is 10.1 Å². The number of nitrogens with one attached hydrogen (secondary N) is 1. The summed E-state index contributed by atoms with van der Waals surface area (Å²) in [7, 11) is 0. The van der Waals surface area contributed by atoms with Crippen molar-refractivity contribution in [2.45, 2.75) is 31.7 Å². The number of amides is 1. The number of halogens is 2. The van der Waals surface area contributed by atoms with Gasteiger partial charge in [0.25, 0.3) is 6.43 Å². The molecule has 0 heterocycles. The molecule has 1 atom stereocenters. The fourth-order valence-corrected chi connectivity index (χ4v) is 1.39. The Bertz CT molecular complexity index is 281. The Hall–Kier alpha value is -1.24. The molecule has 1 aliphatic carbocycles. The minimum Gasteiger partial charge on any atom is -0.480 e. The number of carbonyl (C=O) groups excluding carboxylic acids is 1. The summed E-state index contributed by atoms with van der Waals surface area (Å²) in [5, 5.41) is 11.2. The topological polar surface area (TPSA) is 75.6 Å². The molecule has 0 aromatic heterocycles. The van der Waals surface area contributed by atoms with Crippen LogP contribution in [0, 0.1) is 5.92 Å². The maximum absolute atomic E-state index is 11.7. The van der Waals surface area contributed by atoms with Gasteiger partial charge in [-0.05, 0) is 18.8 Å². The van der Waals surface area contributed by atoms with Gasteiger partial charge in [0, 0.05) is 6.42 Å². The second kappa shape index (κ2) is 6.48. The van der Waals surface area contributed by atoms with E-state index in [1.54, 1.807) is 0 Å². The highest BCUT2D eigenvalue weighted by Gasteiger charge is 2.37. The van der Waals surface area contributed by atoms with E-state index in [1.807, 2.05) is 0 Å². The monoisotopic (exact) mass is 251 g/mol. The third-order valence-electron chi connectivity index (χ3n) is 2.39. The van der Waals surface area contributed by atoms with Crippen molar-refractivity contribution >= 4 is 11.9 Å². The molecule has 0 aliphatic heterocycles. The lowest BCUT2D eigenvalue weighted by Gasteiger charge is -2.13. The lowest BCUT2D eigenvalue weighted by molar-refractivity contribution is -0.142. The van der Waals surface area contributed by atoms with Crippen molar-refractivity contribution in [3.8, 4) is 0 Å². The van der Waals surface area contributed by atoms with E-state index in [0.29, 0.717) is 0 Å². The molecule has 2 N–H and O–H groups in total. The van der Waals surface area contributed by atoms with Crippen molar-refractivity contribution in [1.29, 1.82) is 0 Å². The van der Waals surface area contributed by atoms with Crippen molar-refractivity contribution in [2.24, 2.45) is 5.92 Å². The molecule has 98 valence electrons. The first-order valence-electron chi connectivity index (χ1n) is 5.38. The minimum absolute atomic E-state index is 0.00145. The molecule has 0 spiro atoms. The van der Waals surface area contributed by atoms with Gasteiger partial charge < -0.3 is 15.2 Å². The number of hydrogen-bond acceptors (Lipinski definition) is 3. The van der Waals surface area contributed by atoms with E-state index < -0.39 is 31.0 Å². The molecule has 0 bridgehead atoms. The van der Waals surface area contributed by atoms with Crippen LogP contribution >= 0.6 is 0 Å². The van der Waals surface area contributed by atoms with E-state index in [4.69, 9.17) is 5.11 Å². The van der Waals surface area contributed by atoms with Crippen LogP contribution in [0.2, 0.25) is 0 Å². The molecule has 17 heavy (non-hydrogen) atoms. The molecule has 1 saturated carbocycles. The smallest absolute Gasteiger partial charge is 0.326 e. The van der Waals surface area contributed by atoms with Gasteiger partial charge in [0.15, 0.2) is 0 Å². The summed E-state index contributed by atoms with van der Waals surface area (Å²) in [4.78, 5) is 22.1. The highest BCUT2D eigenvalue weighted by molar-refractivity contribution is 5.84. The predicted octanol–water partition coefficient (Wildman–Crippen LogP) is 0.638. The molecule has 0 aromatic rings. The second-order valence-electron chi connectivity index (χ2n) is 3.94. The average Bonchev–Trinajstić information content (AvgIpc) is 3.04.